The molecule has 3 heterocycles. The zero-order valence-electron chi connectivity index (χ0n) is 10.9. The third-order valence-electron chi connectivity index (χ3n) is 3.65. The molecule has 2 aromatic heterocycles. The maximum absolute atomic E-state index is 12.2. The van der Waals surface area contributed by atoms with Crippen molar-refractivity contribution in [3.63, 3.8) is 0 Å². The lowest BCUT2D eigenvalue weighted by atomic mass is 9.94. The van der Waals surface area contributed by atoms with Gasteiger partial charge in [-0.15, -0.1) is 0 Å². The molecule has 3 rings (SSSR count). The smallest absolute Gasteiger partial charge is 0.258 e. The van der Waals surface area contributed by atoms with Crippen LogP contribution in [0.1, 0.15) is 24.5 Å². The summed E-state index contributed by atoms with van der Waals surface area (Å²) in [7, 11) is 1.59. The van der Waals surface area contributed by atoms with E-state index in [1.807, 2.05) is 12.1 Å². The highest BCUT2D eigenvalue weighted by Gasteiger charge is 2.17. The zero-order chi connectivity index (χ0) is 13.2. The van der Waals surface area contributed by atoms with Crippen LogP contribution in [-0.2, 0) is 0 Å². The number of piperidine rings is 1. The van der Waals surface area contributed by atoms with Gasteiger partial charge in [-0.25, -0.2) is 4.98 Å². The van der Waals surface area contributed by atoms with Crippen LogP contribution in [0.3, 0.4) is 0 Å². The summed E-state index contributed by atoms with van der Waals surface area (Å²) in [6.07, 6.45) is 3.76. The molecule has 5 heteroatoms. The topological polar surface area (TPSA) is 55.6 Å². The van der Waals surface area contributed by atoms with Crippen molar-refractivity contribution in [3.8, 4) is 5.75 Å². The fourth-order valence-electron chi connectivity index (χ4n) is 2.55. The van der Waals surface area contributed by atoms with E-state index in [4.69, 9.17) is 4.74 Å². The maximum Gasteiger partial charge on any atom is 0.258 e. The van der Waals surface area contributed by atoms with Crippen molar-refractivity contribution in [2.24, 2.45) is 0 Å². The Balaban J connectivity index is 2.06. The molecule has 19 heavy (non-hydrogen) atoms. The SMILES string of the molecule is COc1ccc2nc(C3CCNCC3)cc(=O)n2c1. The van der Waals surface area contributed by atoms with Crippen molar-refractivity contribution in [2.75, 3.05) is 20.2 Å². The van der Waals surface area contributed by atoms with E-state index in [-0.39, 0.29) is 5.56 Å². The van der Waals surface area contributed by atoms with Crippen LogP contribution in [0.4, 0.5) is 0 Å². The number of nitrogens with one attached hydrogen (secondary N) is 1. The summed E-state index contributed by atoms with van der Waals surface area (Å²) in [4.78, 5) is 16.8. The highest BCUT2D eigenvalue weighted by molar-refractivity contribution is 5.42. The first kappa shape index (κ1) is 12.2. The minimum Gasteiger partial charge on any atom is -0.495 e. The van der Waals surface area contributed by atoms with Crippen molar-refractivity contribution in [1.82, 2.24) is 14.7 Å². The van der Waals surface area contributed by atoms with Gasteiger partial charge in [0.25, 0.3) is 5.56 Å². The van der Waals surface area contributed by atoms with Crippen LogP contribution >= 0.6 is 0 Å². The molecule has 1 N–H and O–H groups in total. The molecule has 5 nitrogen and oxygen atoms in total. The first-order valence-corrected chi connectivity index (χ1v) is 6.56. The van der Waals surface area contributed by atoms with Crippen LogP contribution in [0.2, 0.25) is 0 Å². The van der Waals surface area contributed by atoms with Gasteiger partial charge >= 0.3 is 0 Å². The summed E-state index contributed by atoms with van der Waals surface area (Å²) in [6, 6.07) is 5.31. The summed E-state index contributed by atoms with van der Waals surface area (Å²) < 4.78 is 6.66. The van der Waals surface area contributed by atoms with E-state index in [1.165, 1.54) is 4.40 Å². The van der Waals surface area contributed by atoms with Gasteiger partial charge in [-0.2, -0.15) is 0 Å². The molecule has 0 radical (unpaired) electrons. The Labute approximate surface area is 111 Å². The molecule has 0 atom stereocenters. The minimum atomic E-state index is -0.0440. The van der Waals surface area contributed by atoms with Crippen molar-refractivity contribution >= 4 is 5.65 Å². The van der Waals surface area contributed by atoms with E-state index in [0.717, 1.165) is 31.6 Å². The van der Waals surface area contributed by atoms with E-state index in [9.17, 15) is 4.79 Å². The van der Waals surface area contributed by atoms with Gasteiger partial charge in [0.15, 0.2) is 0 Å². The second-order valence-corrected chi connectivity index (χ2v) is 4.84. The van der Waals surface area contributed by atoms with Crippen molar-refractivity contribution in [2.45, 2.75) is 18.8 Å². The van der Waals surface area contributed by atoms with Gasteiger partial charge in [0.2, 0.25) is 0 Å². The summed E-state index contributed by atoms with van der Waals surface area (Å²) >= 11 is 0. The van der Waals surface area contributed by atoms with E-state index < -0.39 is 0 Å². The van der Waals surface area contributed by atoms with Gasteiger partial charge < -0.3 is 10.1 Å². The average Bonchev–Trinajstić information content (AvgIpc) is 2.48. The first-order valence-electron chi connectivity index (χ1n) is 6.56. The average molecular weight is 259 g/mol. The minimum absolute atomic E-state index is 0.0440. The molecule has 0 bridgehead atoms. The van der Waals surface area contributed by atoms with Gasteiger partial charge in [-0.1, -0.05) is 0 Å². The number of aromatic nitrogens is 2. The number of fused-ring (bicyclic) bond motifs is 1. The highest BCUT2D eigenvalue weighted by atomic mass is 16.5. The first-order chi connectivity index (χ1) is 9.28. The normalized spacial score (nSPS) is 16.7. The Morgan fingerprint density at radius 3 is 2.89 bits per heavy atom. The summed E-state index contributed by atoms with van der Waals surface area (Å²) in [5, 5.41) is 3.32. The van der Waals surface area contributed by atoms with E-state index >= 15 is 0 Å². The lowest BCUT2D eigenvalue weighted by molar-refractivity contribution is 0.412. The van der Waals surface area contributed by atoms with Crippen molar-refractivity contribution < 1.29 is 4.74 Å². The Bertz CT molecular complexity index is 645. The molecular formula is C14H17N3O2. The van der Waals surface area contributed by atoms with Gasteiger partial charge in [-0.05, 0) is 38.1 Å². The molecule has 2 aromatic rings. The summed E-state index contributed by atoms with van der Waals surface area (Å²) in [5.41, 5.74) is 1.55. The number of pyridine rings is 1. The van der Waals surface area contributed by atoms with Gasteiger partial charge in [0.05, 0.1) is 19.0 Å². The molecule has 0 amide bonds. The number of methoxy groups -OCH3 is 1. The molecule has 0 unspecified atom stereocenters. The standard InChI is InChI=1S/C14H17N3O2/c1-19-11-2-3-13-16-12(8-14(18)17(13)9-11)10-4-6-15-7-5-10/h2-3,8-10,15H,4-7H2,1H3. The lowest BCUT2D eigenvalue weighted by Crippen LogP contribution is -2.28. The molecule has 100 valence electrons. The van der Waals surface area contributed by atoms with E-state index in [0.29, 0.717) is 17.3 Å². The number of nitrogens with zero attached hydrogens (tertiary/aromatic N) is 2. The maximum atomic E-state index is 12.2. The van der Waals surface area contributed by atoms with E-state index in [2.05, 4.69) is 10.3 Å². The van der Waals surface area contributed by atoms with Crippen LogP contribution in [0, 0.1) is 0 Å². The fraction of sp³-hybridized carbons (Fsp3) is 0.429. The Kier molecular flexibility index (Phi) is 3.21. The monoisotopic (exact) mass is 259 g/mol. The van der Waals surface area contributed by atoms with Crippen LogP contribution in [0.5, 0.6) is 5.75 Å². The van der Waals surface area contributed by atoms with Gasteiger partial charge in [0.1, 0.15) is 11.4 Å². The molecular weight excluding hydrogens is 242 g/mol. The van der Waals surface area contributed by atoms with Crippen molar-refractivity contribution in [3.05, 3.63) is 40.4 Å². The van der Waals surface area contributed by atoms with Gasteiger partial charge in [-0.3, -0.25) is 9.20 Å². The third kappa shape index (κ3) is 2.33. The Morgan fingerprint density at radius 1 is 1.37 bits per heavy atom. The van der Waals surface area contributed by atoms with Crippen LogP contribution in [-0.4, -0.2) is 29.6 Å². The summed E-state index contributed by atoms with van der Waals surface area (Å²) in [5.74, 6) is 1.05. The quantitative estimate of drug-likeness (QED) is 0.879. The van der Waals surface area contributed by atoms with Crippen LogP contribution in [0.25, 0.3) is 5.65 Å². The van der Waals surface area contributed by atoms with E-state index in [1.54, 1.807) is 19.4 Å². The second-order valence-electron chi connectivity index (χ2n) is 4.84. The predicted molar refractivity (Wildman–Crippen MR) is 72.9 cm³/mol. The van der Waals surface area contributed by atoms with Gasteiger partial charge in [0, 0.05) is 12.0 Å². The Hall–Kier alpha value is -1.88. The molecule has 1 aliphatic heterocycles. The lowest BCUT2D eigenvalue weighted by Gasteiger charge is -2.22. The third-order valence-corrected chi connectivity index (χ3v) is 3.65. The van der Waals surface area contributed by atoms with Crippen LogP contribution < -0.4 is 15.6 Å². The highest BCUT2D eigenvalue weighted by Crippen LogP contribution is 2.23. The number of ether oxygens (including phenoxy) is 1. The molecule has 0 spiro atoms. The molecule has 0 aromatic carbocycles. The molecule has 1 fully saturated rings. The van der Waals surface area contributed by atoms with Crippen LogP contribution in [0.15, 0.2) is 29.2 Å². The molecule has 0 aliphatic carbocycles. The number of hydrogen-bond donors (Lipinski definition) is 1. The molecule has 0 saturated carbocycles. The fourth-order valence-corrected chi connectivity index (χ4v) is 2.55. The zero-order valence-corrected chi connectivity index (χ0v) is 10.9. The number of rotatable bonds is 2. The summed E-state index contributed by atoms with van der Waals surface area (Å²) in [6.45, 7) is 1.99. The largest absolute Gasteiger partial charge is 0.495 e. The molecule has 1 saturated heterocycles. The number of hydrogen-bond acceptors (Lipinski definition) is 4. The Morgan fingerprint density at radius 2 is 2.16 bits per heavy atom. The predicted octanol–water partition coefficient (Wildman–Crippen LogP) is 1.17. The second kappa shape index (κ2) is 5.01. The van der Waals surface area contributed by atoms with Crippen molar-refractivity contribution in [1.29, 1.82) is 0 Å². The molecule has 1 aliphatic rings.